The Morgan fingerprint density at radius 1 is 1.75 bits per heavy atom. The molecule has 0 aliphatic heterocycles. The van der Waals surface area contributed by atoms with Crippen molar-refractivity contribution in [1.82, 2.24) is 5.43 Å². The maximum Gasteiger partial charge on any atom is 0.427 e. The lowest BCUT2D eigenvalue weighted by Gasteiger charge is -1.98. The van der Waals surface area contributed by atoms with Crippen LogP contribution in [0.1, 0.15) is 26.2 Å². The monoisotopic (exact) mass is 170 g/mol. The molecule has 0 aromatic carbocycles. The van der Waals surface area contributed by atoms with Crippen LogP contribution in [-0.4, -0.2) is 18.9 Å². The van der Waals surface area contributed by atoms with Crippen molar-refractivity contribution in [3.63, 3.8) is 0 Å². The van der Waals surface area contributed by atoms with E-state index >= 15 is 0 Å². The predicted molar refractivity (Wildman–Crippen MR) is 46.0 cm³/mol. The van der Waals surface area contributed by atoms with Crippen molar-refractivity contribution in [2.45, 2.75) is 26.2 Å². The number of hydrogen-bond donors (Lipinski definition) is 1. The van der Waals surface area contributed by atoms with Crippen LogP contribution < -0.4 is 5.43 Å². The Morgan fingerprint density at radius 2 is 2.50 bits per heavy atom. The Hall–Kier alpha value is -1.06. The van der Waals surface area contributed by atoms with Gasteiger partial charge < -0.3 is 4.74 Å². The zero-order valence-electron chi connectivity index (χ0n) is 7.46. The topological polar surface area (TPSA) is 50.7 Å². The highest BCUT2D eigenvalue weighted by atomic mass is 16.5. The number of hydrazone groups is 1. The van der Waals surface area contributed by atoms with Crippen LogP contribution in [0.15, 0.2) is 5.10 Å². The third-order valence-electron chi connectivity index (χ3n) is 2.00. The summed E-state index contributed by atoms with van der Waals surface area (Å²) in [6, 6.07) is 0. The Balaban J connectivity index is 2.33. The van der Waals surface area contributed by atoms with Crippen LogP contribution >= 0.6 is 0 Å². The van der Waals surface area contributed by atoms with E-state index in [1.807, 2.05) is 0 Å². The van der Waals surface area contributed by atoms with Crippen LogP contribution in [0.2, 0.25) is 0 Å². The van der Waals surface area contributed by atoms with Gasteiger partial charge in [0.05, 0.1) is 7.11 Å². The van der Waals surface area contributed by atoms with E-state index in [4.69, 9.17) is 0 Å². The number of methoxy groups -OCH3 is 1. The maximum atomic E-state index is 10.6. The van der Waals surface area contributed by atoms with Crippen molar-refractivity contribution in [2.75, 3.05) is 7.11 Å². The van der Waals surface area contributed by atoms with Crippen molar-refractivity contribution in [2.24, 2.45) is 11.0 Å². The second-order valence-electron chi connectivity index (χ2n) is 3.13. The quantitative estimate of drug-likeness (QED) is 0.606. The molecule has 1 N–H and O–H groups in total. The molecule has 4 heteroatoms. The number of carbonyl (C=O) groups is 1. The highest BCUT2D eigenvalue weighted by molar-refractivity contribution is 5.87. The lowest BCUT2D eigenvalue weighted by molar-refractivity contribution is 0.171. The second kappa shape index (κ2) is 4.09. The Bertz CT molecular complexity index is 201. The van der Waals surface area contributed by atoms with E-state index in [1.165, 1.54) is 13.5 Å². The van der Waals surface area contributed by atoms with E-state index in [-0.39, 0.29) is 0 Å². The summed E-state index contributed by atoms with van der Waals surface area (Å²) in [6.45, 7) is 2.18. The molecule has 4 nitrogen and oxygen atoms in total. The summed E-state index contributed by atoms with van der Waals surface area (Å²) in [4.78, 5) is 10.6. The van der Waals surface area contributed by atoms with Gasteiger partial charge in [-0.25, -0.2) is 10.2 Å². The molecule has 68 valence electrons. The smallest absolute Gasteiger partial charge is 0.427 e. The zero-order valence-corrected chi connectivity index (χ0v) is 7.46. The maximum absolute atomic E-state index is 10.6. The van der Waals surface area contributed by atoms with Gasteiger partial charge in [0.2, 0.25) is 0 Å². The third kappa shape index (κ3) is 2.53. The summed E-state index contributed by atoms with van der Waals surface area (Å²) in [7, 11) is 1.33. The fourth-order valence-corrected chi connectivity index (χ4v) is 1.29. The number of nitrogens with one attached hydrogen (secondary N) is 1. The molecule has 0 spiro atoms. The molecule has 1 aliphatic carbocycles. The van der Waals surface area contributed by atoms with Gasteiger partial charge in [-0.2, -0.15) is 5.10 Å². The molecule has 0 aromatic heterocycles. The number of amides is 1. The molecule has 1 aliphatic rings. The fraction of sp³-hybridized carbons (Fsp3) is 0.750. The Labute approximate surface area is 72.0 Å². The third-order valence-corrected chi connectivity index (χ3v) is 2.00. The van der Waals surface area contributed by atoms with Crippen LogP contribution in [0.4, 0.5) is 4.79 Å². The van der Waals surface area contributed by atoms with Crippen molar-refractivity contribution in [3.8, 4) is 0 Å². The average Bonchev–Trinajstić information content (AvgIpc) is 2.47. The molecule has 0 saturated heterocycles. The molecule has 0 radical (unpaired) electrons. The van der Waals surface area contributed by atoms with E-state index in [9.17, 15) is 4.79 Å². The summed E-state index contributed by atoms with van der Waals surface area (Å²) >= 11 is 0. The van der Waals surface area contributed by atoms with Crippen LogP contribution in [0, 0.1) is 5.92 Å². The van der Waals surface area contributed by atoms with Crippen LogP contribution in [0.5, 0.6) is 0 Å². The van der Waals surface area contributed by atoms with Gasteiger partial charge in [0.25, 0.3) is 0 Å². The molecule has 1 atom stereocenters. The first kappa shape index (κ1) is 9.03. The van der Waals surface area contributed by atoms with Crippen molar-refractivity contribution < 1.29 is 9.53 Å². The molecule has 0 heterocycles. The summed E-state index contributed by atoms with van der Waals surface area (Å²) in [6.07, 6.45) is 2.65. The van der Waals surface area contributed by atoms with Gasteiger partial charge in [-0.05, 0) is 25.2 Å². The highest BCUT2D eigenvalue weighted by Gasteiger charge is 2.16. The Kier molecular flexibility index (Phi) is 3.08. The summed E-state index contributed by atoms with van der Waals surface area (Å²) in [5.41, 5.74) is 3.38. The molecule has 1 saturated carbocycles. The van der Waals surface area contributed by atoms with E-state index in [2.05, 4.69) is 22.2 Å². The molecule has 1 unspecified atom stereocenters. The summed E-state index contributed by atoms with van der Waals surface area (Å²) < 4.78 is 4.38. The number of hydrogen-bond acceptors (Lipinski definition) is 3. The van der Waals surface area contributed by atoms with E-state index in [0.717, 1.165) is 18.6 Å². The first-order valence-corrected chi connectivity index (χ1v) is 4.11. The van der Waals surface area contributed by atoms with E-state index < -0.39 is 6.09 Å². The molecule has 1 fully saturated rings. The van der Waals surface area contributed by atoms with Gasteiger partial charge >= 0.3 is 6.09 Å². The molecular formula is C8H14N2O2. The SMILES string of the molecule is COC(=O)N/N=C1/CCC(C)C1. The van der Waals surface area contributed by atoms with Gasteiger partial charge in [-0.1, -0.05) is 6.92 Å². The van der Waals surface area contributed by atoms with Gasteiger partial charge in [0.15, 0.2) is 0 Å². The first-order chi connectivity index (χ1) is 5.72. The van der Waals surface area contributed by atoms with Crippen molar-refractivity contribution >= 4 is 11.8 Å². The number of carbonyl (C=O) groups excluding carboxylic acids is 1. The first-order valence-electron chi connectivity index (χ1n) is 4.11. The van der Waals surface area contributed by atoms with Crippen molar-refractivity contribution in [1.29, 1.82) is 0 Å². The molecule has 1 rings (SSSR count). The van der Waals surface area contributed by atoms with E-state index in [0.29, 0.717) is 5.92 Å². The fourth-order valence-electron chi connectivity index (χ4n) is 1.29. The lowest BCUT2D eigenvalue weighted by Crippen LogP contribution is -2.18. The number of rotatable bonds is 1. The van der Waals surface area contributed by atoms with Gasteiger partial charge in [0, 0.05) is 5.71 Å². The second-order valence-corrected chi connectivity index (χ2v) is 3.13. The van der Waals surface area contributed by atoms with Gasteiger partial charge in [0.1, 0.15) is 0 Å². The zero-order chi connectivity index (χ0) is 8.97. The molecule has 0 aromatic rings. The highest BCUT2D eigenvalue weighted by Crippen LogP contribution is 2.21. The molecule has 1 amide bonds. The minimum atomic E-state index is -0.498. The van der Waals surface area contributed by atoms with Crippen LogP contribution in [0.25, 0.3) is 0 Å². The average molecular weight is 170 g/mol. The normalized spacial score (nSPS) is 25.8. The van der Waals surface area contributed by atoms with Gasteiger partial charge in [-0.3, -0.25) is 0 Å². The van der Waals surface area contributed by atoms with Crippen LogP contribution in [-0.2, 0) is 4.74 Å². The van der Waals surface area contributed by atoms with Crippen molar-refractivity contribution in [3.05, 3.63) is 0 Å². The summed E-state index contributed by atoms with van der Waals surface area (Å²) in [5, 5.41) is 3.94. The summed E-state index contributed by atoms with van der Waals surface area (Å²) in [5.74, 6) is 0.697. The number of ether oxygens (including phenoxy) is 1. The number of nitrogens with zero attached hydrogens (tertiary/aromatic N) is 1. The molecular weight excluding hydrogens is 156 g/mol. The predicted octanol–water partition coefficient (Wildman–Crippen LogP) is 1.52. The molecule has 12 heavy (non-hydrogen) atoms. The lowest BCUT2D eigenvalue weighted by atomic mass is 10.1. The van der Waals surface area contributed by atoms with E-state index in [1.54, 1.807) is 0 Å². The van der Waals surface area contributed by atoms with Crippen LogP contribution in [0.3, 0.4) is 0 Å². The Morgan fingerprint density at radius 3 is 3.00 bits per heavy atom. The standard InChI is InChI=1S/C8H14N2O2/c1-6-3-4-7(5-6)9-10-8(11)12-2/h6H,3-5H2,1-2H3,(H,10,11)/b9-7-. The minimum Gasteiger partial charge on any atom is -0.452 e. The van der Waals surface area contributed by atoms with Gasteiger partial charge in [-0.15, -0.1) is 0 Å². The largest absolute Gasteiger partial charge is 0.452 e. The molecule has 0 bridgehead atoms. The minimum absolute atomic E-state index is 0.498.